The van der Waals surface area contributed by atoms with Gasteiger partial charge in [-0.3, -0.25) is 0 Å². The Balaban J connectivity index is 4.88. The quantitative estimate of drug-likeness (QED) is 0.729. The average Bonchev–Trinajstić information content (AvgIpc) is 2.10. The number of nitrogens with two attached hydrogens (primary N) is 1. The van der Waals surface area contributed by atoms with Gasteiger partial charge in [-0.25, -0.2) is 0 Å². The highest BCUT2D eigenvalue weighted by atomic mass is 16.5. The van der Waals surface area contributed by atoms with Gasteiger partial charge in [0, 0.05) is 11.0 Å². The molecule has 0 amide bonds. The van der Waals surface area contributed by atoms with Crippen LogP contribution in [0.15, 0.2) is 0 Å². The summed E-state index contributed by atoms with van der Waals surface area (Å²) < 4.78 is 7.12. The molecule has 2 N–H and O–H groups in total. The lowest BCUT2D eigenvalue weighted by molar-refractivity contribution is -0.870. The molecular weight excluding hydrogens is 248 g/mol. The Bertz CT molecular complexity index is 294. The summed E-state index contributed by atoms with van der Waals surface area (Å²) in [6, 6.07) is 0. The predicted octanol–water partition coefficient (Wildman–Crippen LogP) is 3.28. The van der Waals surface area contributed by atoms with E-state index >= 15 is 0 Å². The van der Waals surface area contributed by atoms with Crippen molar-refractivity contribution in [2.24, 2.45) is 16.6 Å². The minimum atomic E-state index is -0.181. The fourth-order valence-corrected chi connectivity index (χ4v) is 2.65. The summed E-state index contributed by atoms with van der Waals surface area (Å²) in [5.74, 6) is 0. The number of hydrogen-bond donors (Lipinski definition) is 1. The SMILES string of the molecule is CC(OCC[N+](C)(C)C)C(C)(CC(C)(C)N)C(C)(C)C. The van der Waals surface area contributed by atoms with Crippen molar-refractivity contribution in [2.75, 3.05) is 34.3 Å². The highest BCUT2D eigenvalue weighted by molar-refractivity contribution is 4.96. The number of likely N-dealkylation sites (N-methyl/N-ethyl adjacent to an activating group) is 1. The van der Waals surface area contributed by atoms with Crippen LogP contribution >= 0.6 is 0 Å². The first kappa shape index (κ1) is 19.9. The van der Waals surface area contributed by atoms with Crippen LogP contribution in [0.1, 0.15) is 54.9 Å². The van der Waals surface area contributed by atoms with Gasteiger partial charge in [0.05, 0.1) is 33.9 Å². The Morgan fingerprint density at radius 2 is 1.45 bits per heavy atom. The van der Waals surface area contributed by atoms with Crippen molar-refractivity contribution in [2.45, 2.75) is 66.5 Å². The van der Waals surface area contributed by atoms with Gasteiger partial charge in [0.25, 0.3) is 0 Å². The van der Waals surface area contributed by atoms with Crippen LogP contribution in [-0.4, -0.2) is 50.4 Å². The van der Waals surface area contributed by atoms with E-state index in [2.05, 4.69) is 69.6 Å². The molecule has 0 saturated heterocycles. The molecule has 20 heavy (non-hydrogen) atoms. The van der Waals surface area contributed by atoms with E-state index < -0.39 is 0 Å². The van der Waals surface area contributed by atoms with Gasteiger partial charge in [-0.1, -0.05) is 27.7 Å². The van der Waals surface area contributed by atoms with Crippen LogP contribution < -0.4 is 5.73 Å². The van der Waals surface area contributed by atoms with Crippen LogP contribution in [0.5, 0.6) is 0 Å². The summed E-state index contributed by atoms with van der Waals surface area (Å²) in [7, 11) is 6.58. The molecule has 0 aromatic heterocycles. The fraction of sp³-hybridized carbons (Fsp3) is 1.00. The van der Waals surface area contributed by atoms with E-state index in [-0.39, 0.29) is 22.5 Å². The Labute approximate surface area is 127 Å². The first-order valence-corrected chi connectivity index (χ1v) is 7.79. The van der Waals surface area contributed by atoms with Crippen LogP contribution in [-0.2, 0) is 4.74 Å². The van der Waals surface area contributed by atoms with Crippen molar-refractivity contribution in [1.82, 2.24) is 0 Å². The molecule has 2 atom stereocenters. The van der Waals surface area contributed by atoms with Gasteiger partial charge < -0.3 is 15.0 Å². The molecule has 0 aliphatic rings. The van der Waals surface area contributed by atoms with Crippen molar-refractivity contribution < 1.29 is 9.22 Å². The number of ether oxygens (including phenoxy) is 1. The van der Waals surface area contributed by atoms with E-state index in [0.29, 0.717) is 0 Å². The van der Waals surface area contributed by atoms with Crippen LogP contribution in [0.4, 0.5) is 0 Å². The summed E-state index contributed by atoms with van der Waals surface area (Å²) in [6.45, 7) is 17.4. The number of hydrogen-bond acceptors (Lipinski definition) is 2. The maximum atomic E-state index is 6.30. The molecule has 2 unspecified atom stereocenters. The summed E-state index contributed by atoms with van der Waals surface area (Å²) in [4.78, 5) is 0. The van der Waals surface area contributed by atoms with Gasteiger partial charge in [-0.05, 0) is 32.6 Å². The van der Waals surface area contributed by atoms with E-state index in [9.17, 15) is 0 Å². The van der Waals surface area contributed by atoms with Gasteiger partial charge in [-0.15, -0.1) is 0 Å². The lowest BCUT2D eigenvalue weighted by Crippen LogP contribution is -2.51. The Hall–Kier alpha value is -0.120. The molecule has 0 bridgehead atoms. The van der Waals surface area contributed by atoms with Gasteiger partial charge in [-0.2, -0.15) is 0 Å². The Morgan fingerprint density at radius 1 is 1.00 bits per heavy atom. The van der Waals surface area contributed by atoms with Crippen molar-refractivity contribution in [1.29, 1.82) is 0 Å². The third-order valence-corrected chi connectivity index (χ3v) is 4.56. The van der Waals surface area contributed by atoms with Gasteiger partial charge in [0.2, 0.25) is 0 Å². The summed E-state index contributed by atoms with van der Waals surface area (Å²) >= 11 is 0. The predicted molar refractivity (Wildman–Crippen MR) is 88.8 cm³/mol. The van der Waals surface area contributed by atoms with Crippen molar-refractivity contribution in [3.63, 3.8) is 0 Å². The van der Waals surface area contributed by atoms with Gasteiger partial charge in [0.15, 0.2) is 0 Å². The van der Waals surface area contributed by atoms with E-state index in [4.69, 9.17) is 10.5 Å². The molecule has 0 aliphatic heterocycles. The molecule has 0 heterocycles. The van der Waals surface area contributed by atoms with E-state index in [1.807, 2.05) is 0 Å². The molecule has 0 spiro atoms. The van der Waals surface area contributed by atoms with Crippen LogP contribution in [0, 0.1) is 10.8 Å². The molecule has 3 heteroatoms. The minimum absolute atomic E-state index is 0.0517. The highest BCUT2D eigenvalue weighted by Crippen LogP contribution is 2.47. The summed E-state index contributed by atoms with van der Waals surface area (Å²) in [5, 5.41) is 0. The number of quaternary nitrogens is 1. The van der Waals surface area contributed by atoms with Gasteiger partial charge in [0.1, 0.15) is 6.54 Å². The summed E-state index contributed by atoms with van der Waals surface area (Å²) in [6.07, 6.45) is 1.14. The largest absolute Gasteiger partial charge is 0.372 e. The number of nitrogens with zero attached hydrogens (tertiary/aromatic N) is 1. The molecular formula is C17H39N2O+. The summed E-state index contributed by atoms with van der Waals surface area (Å²) in [5.41, 5.74) is 6.32. The fourth-order valence-electron chi connectivity index (χ4n) is 2.65. The van der Waals surface area contributed by atoms with E-state index in [0.717, 1.165) is 24.1 Å². The van der Waals surface area contributed by atoms with E-state index in [1.54, 1.807) is 0 Å². The molecule has 0 aliphatic carbocycles. The lowest BCUT2D eigenvalue weighted by Gasteiger charge is -2.49. The molecule has 0 radical (unpaired) electrons. The lowest BCUT2D eigenvalue weighted by atomic mass is 9.60. The minimum Gasteiger partial charge on any atom is -0.372 e. The second-order valence-corrected chi connectivity index (χ2v) is 9.36. The Morgan fingerprint density at radius 3 is 1.75 bits per heavy atom. The standard InChI is InChI=1S/C17H39N2O/c1-14(20-12-11-19(8,9)10)17(7,15(2,3)4)13-16(5,6)18/h14H,11-13,18H2,1-10H3/q+1. The van der Waals surface area contributed by atoms with Crippen LogP contribution in [0.25, 0.3) is 0 Å². The monoisotopic (exact) mass is 287 g/mol. The van der Waals surface area contributed by atoms with Crippen LogP contribution in [0.2, 0.25) is 0 Å². The smallest absolute Gasteiger partial charge is 0.102 e. The first-order valence-electron chi connectivity index (χ1n) is 7.79. The molecule has 0 saturated carbocycles. The van der Waals surface area contributed by atoms with Crippen LogP contribution in [0.3, 0.4) is 0 Å². The van der Waals surface area contributed by atoms with Crippen molar-refractivity contribution >= 4 is 0 Å². The zero-order valence-electron chi connectivity index (χ0n) is 15.6. The maximum absolute atomic E-state index is 6.30. The molecule has 122 valence electrons. The molecule has 0 aromatic carbocycles. The first-order chi connectivity index (χ1) is 8.58. The second kappa shape index (κ2) is 6.33. The molecule has 0 rings (SSSR count). The third-order valence-electron chi connectivity index (χ3n) is 4.56. The average molecular weight is 288 g/mol. The maximum Gasteiger partial charge on any atom is 0.102 e. The topological polar surface area (TPSA) is 35.2 Å². The van der Waals surface area contributed by atoms with E-state index in [1.165, 1.54) is 0 Å². The molecule has 0 aromatic rings. The highest BCUT2D eigenvalue weighted by Gasteiger charge is 2.45. The Kier molecular flexibility index (Phi) is 6.29. The van der Waals surface area contributed by atoms with Crippen molar-refractivity contribution in [3.8, 4) is 0 Å². The second-order valence-electron chi connectivity index (χ2n) is 9.36. The van der Waals surface area contributed by atoms with Gasteiger partial charge >= 0.3 is 0 Å². The zero-order chi connectivity index (χ0) is 16.4. The van der Waals surface area contributed by atoms with Crippen molar-refractivity contribution in [3.05, 3.63) is 0 Å². The third kappa shape index (κ3) is 6.55. The molecule has 0 fully saturated rings. The number of rotatable bonds is 7. The zero-order valence-corrected chi connectivity index (χ0v) is 15.6. The normalized spacial score (nSPS) is 18.8. The molecule has 3 nitrogen and oxygen atoms in total.